The monoisotopic (exact) mass is 261 g/mol. The van der Waals surface area contributed by atoms with Gasteiger partial charge in [-0.25, -0.2) is 4.79 Å². The lowest BCUT2D eigenvalue weighted by molar-refractivity contribution is -0.142. The van der Waals surface area contributed by atoms with Crippen LogP contribution in [0.4, 0.5) is 4.79 Å². The lowest BCUT2D eigenvalue weighted by Crippen LogP contribution is -2.36. The van der Waals surface area contributed by atoms with Crippen LogP contribution < -0.4 is 5.48 Å². The summed E-state index contributed by atoms with van der Waals surface area (Å²) >= 11 is 0. The fraction of sp³-hybridized carbons (Fsp3) is 0.833. The number of rotatable bonds is 6. The van der Waals surface area contributed by atoms with E-state index < -0.39 is 23.8 Å². The lowest BCUT2D eigenvalue weighted by Gasteiger charge is -2.22. The second-order valence-corrected chi connectivity index (χ2v) is 5.57. The van der Waals surface area contributed by atoms with Crippen molar-refractivity contribution in [1.82, 2.24) is 5.48 Å². The van der Waals surface area contributed by atoms with Gasteiger partial charge in [-0.1, -0.05) is 13.8 Å². The number of hydrogen-bond acceptors (Lipinski definition) is 4. The molecule has 0 aliphatic heterocycles. The minimum atomic E-state index is -0.966. The highest BCUT2D eigenvalue weighted by Crippen LogP contribution is 2.11. The van der Waals surface area contributed by atoms with Gasteiger partial charge >= 0.3 is 12.1 Å². The minimum absolute atomic E-state index is 0.159. The van der Waals surface area contributed by atoms with E-state index in [2.05, 4.69) is 5.48 Å². The molecular formula is C12H23NO5. The van der Waals surface area contributed by atoms with E-state index >= 15 is 0 Å². The van der Waals surface area contributed by atoms with Gasteiger partial charge in [0, 0.05) is 0 Å². The van der Waals surface area contributed by atoms with Crippen molar-refractivity contribution in [3.63, 3.8) is 0 Å². The zero-order chi connectivity index (χ0) is 14.3. The molecule has 1 atom stereocenters. The smallest absolute Gasteiger partial charge is 0.431 e. The summed E-state index contributed by atoms with van der Waals surface area (Å²) in [6.07, 6.45) is -0.896. The van der Waals surface area contributed by atoms with Crippen LogP contribution in [0, 0.1) is 5.92 Å². The van der Waals surface area contributed by atoms with Crippen molar-refractivity contribution in [2.75, 3.05) is 0 Å². The second kappa shape index (κ2) is 7.20. The summed E-state index contributed by atoms with van der Waals surface area (Å²) in [6.45, 7) is 9.09. The van der Waals surface area contributed by atoms with Crippen LogP contribution in [0.5, 0.6) is 0 Å². The van der Waals surface area contributed by atoms with Gasteiger partial charge in [0.2, 0.25) is 0 Å². The standard InChI is InChI=1S/C12H23NO5/c1-8(2)6-9(7-10(14)15)18-13-11(16)17-12(3,4)5/h8-9H,6-7H2,1-5H3,(H,13,16)(H,14,15). The summed E-state index contributed by atoms with van der Waals surface area (Å²) in [5.74, 6) is -0.693. The maximum absolute atomic E-state index is 11.3. The van der Waals surface area contributed by atoms with E-state index in [-0.39, 0.29) is 12.3 Å². The molecule has 0 aromatic carbocycles. The Balaban J connectivity index is 4.17. The van der Waals surface area contributed by atoms with Crippen molar-refractivity contribution in [2.45, 2.75) is 59.2 Å². The Labute approximate surface area is 108 Å². The third kappa shape index (κ3) is 9.89. The molecule has 0 aromatic rings. The van der Waals surface area contributed by atoms with Gasteiger partial charge in [0.05, 0.1) is 12.5 Å². The molecule has 106 valence electrons. The maximum atomic E-state index is 11.3. The molecule has 0 saturated heterocycles. The van der Waals surface area contributed by atoms with Crippen molar-refractivity contribution in [3.8, 4) is 0 Å². The first-order valence-corrected chi connectivity index (χ1v) is 5.96. The molecule has 1 amide bonds. The number of carbonyl (C=O) groups is 2. The van der Waals surface area contributed by atoms with Crippen LogP contribution >= 0.6 is 0 Å². The average Bonchev–Trinajstić information content (AvgIpc) is 2.09. The molecule has 0 aliphatic carbocycles. The molecule has 0 spiro atoms. The zero-order valence-corrected chi connectivity index (χ0v) is 11.6. The van der Waals surface area contributed by atoms with E-state index in [0.717, 1.165) is 0 Å². The predicted molar refractivity (Wildman–Crippen MR) is 66.0 cm³/mol. The molecule has 1 unspecified atom stereocenters. The minimum Gasteiger partial charge on any atom is -0.481 e. The Morgan fingerprint density at radius 2 is 1.83 bits per heavy atom. The van der Waals surface area contributed by atoms with Gasteiger partial charge in [-0.3, -0.25) is 9.63 Å². The average molecular weight is 261 g/mol. The Bertz CT molecular complexity index is 283. The van der Waals surface area contributed by atoms with Crippen LogP contribution in [0.25, 0.3) is 0 Å². The van der Waals surface area contributed by atoms with Crippen LogP contribution in [-0.2, 0) is 14.4 Å². The SMILES string of the molecule is CC(C)CC(CC(=O)O)ONC(=O)OC(C)(C)C. The topological polar surface area (TPSA) is 84.9 Å². The van der Waals surface area contributed by atoms with Gasteiger partial charge in [-0.15, -0.1) is 0 Å². The third-order valence-electron chi connectivity index (χ3n) is 1.84. The number of hydrogen-bond donors (Lipinski definition) is 2. The number of carboxylic acid groups (broad SMARTS) is 1. The Hall–Kier alpha value is -1.30. The van der Waals surface area contributed by atoms with Crippen molar-refractivity contribution in [3.05, 3.63) is 0 Å². The molecule has 0 rings (SSSR count). The van der Waals surface area contributed by atoms with Crippen molar-refractivity contribution in [2.24, 2.45) is 5.92 Å². The number of carboxylic acids is 1. The first-order chi connectivity index (χ1) is 8.10. The van der Waals surface area contributed by atoms with Crippen LogP contribution in [0.3, 0.4) is 0 Å². The number of aliphatic carboxylic acids is 1. The van der Waals surface area contributed by atoms with Gasteiger partial charge < -0.3 is 9.84 Å². The lowest BCUT2D eigenvalue weighted by atomic mass is 10.0. The highest BCUT2D eigenvalue weighted by atomic mass is 16.7. The van der Waals surface area contributed by atoms with Crippen molar-refractivity contribution >= 4 is 12.1 Å². The number of carbonyl (C=O) groups excluding carboxylic acids is 1. The summed E-state index contributed by atoms with van der Waals surface area (Å²) in [7, 11) is 0. The van der Waals surface area contributed by atoms with Gasteiger partial charge in [0.1, 0.15) is 5.60 Å². The van der Waals surface area contributed by atoms with E-state index in [1.54, 1.807) is 20.8 Å². The zero-order valence-electron chi connectivity index (χ0n) is 11.6. The predicted octanol–water partition coefficient (Wildman–Crippen LogP) is 2.33. The molecule has 0 fully saturated rings. The molecule has 6 heteroatoms. The maximum Gasteiger partial charge on any atom is 0.431 e. The molecule has 0 aliphatic rings. The van der Waals surface area contributed by atoms with Crippen LogP contribution in [-0.4, -0.2) is 28.9 Å². The largest absolute Gasteiger partial charge is 0.481 e. The van der Waals surface area contributed by atoms with E-state index in [9.17, 15) is 9.59 Å². The number of amides is 1. The molecule has 6 nitrogen and oxygen atoms in total. The fourth-order valence-corrected chi connectivity index (χ4v) is 1.32. The Morgan fingerprint density at radius 3 is 2.22 bits per heavy atom. The van der Waals surface area contributed by atoms with Crippen molar-refractivity contribution in [1.29, 1.82) is 0 Å². The van der Waals surface area contributed by atoms with Gasteiger partial charge in [0.15, 0.2) is 0 Å². The highest BCUT2D eigenvalue weighted by Gasteiger charge is 2.20. The molecule has 0 saturated carbocycles. The van der Waals surface area contributed by atoms with Gasteiger partial charge in [-0.05, 0) is 33.1 Å². The van der Waals surface area contributed by atoms with Crippen molar-refractivity contribution < 1.29 is 24.3 Å². The third-order valence-corrected chi connectivity index (χ3v) is 1.84. The number of ether oxygens (including phenoxy) is 1. The molecule has 0 radical (unpaired) electrons. The Kier molecular flexibility index (Phi) is 6.68. The van der Waals surface area contributed by atoms with E-state index in [0.29, 0.717) is 6.42 Å². The van der Waals surface area contributed by atoms with E-state index in [4.69, 9.17) is 14.7 Å². The summed E-state index contributed by atoms with van der Waals surface area (Å²) in [6, 6.07) is 0. The molecule has 0 aromatic heterocycles. The summed E-state index contributed by atoms with van der Waals surface area (Å²) in [5.41, 5.74) is 1.51. The van der Waals surface area contributed by atoms with Crippen LogP contribution in [0.1, 0.15) is 47.5 Å². The molecule has 18 heavy (non-hydrogen) atoms. The van der Waals surface area contributed by atoms with Gasteiger partial charge in [-0.2, -0.15) is 5.48 Å². The first-order valence-electron chi connectivity index (χ1n) is 5.96. The molecule has 2 N–H and O–H groups in total. The van der Waals surface area contributed by atoms with E-state index in [1.165, 1.54) is 0 Å². The summed E-state index contributed by atoms with van der Waals surface area (Å²) in [4.78, 5) is 27.0. The fourth-order valence-electron chi connectivity index (χ4n) is 1.32. The highest BCUT2D eigenvalue weighted by molar-refractivity contribution is 5.68. The second-order valence-electron chi connectivity index (χ2n) is 5.57. The number of nitrogens with one attached hydrogen (secondary N) is 1. The molecule has 0 heterocycles. The van der Waals surface area contributed by atoms with Gasteiger partial charge in [0.25, 0.3) is 0 Å². The summed E-state index contributed by atoms with van der Waals surface area (Å²) in [5, 5.41) is 8.72. The normalized spacial score (nSPS) is 13.2. The van der Waals surface area contributed by atoms with Crippen LogP contribution in [0.2, 0.25) is 0 Å². The quantitative estimate of drug-likeness (QED) is 0.717. The number of hydroxylamine groups is 1. The first kappa shape index (κ1) is 16.7. The molecular weight excluding hydrogens is 238 g/mol. The van der Waals surface area contributed by atoms with E-state index in [1.807, 2.05) is 13.8 Å². The van der Waals surface area contributed by atoms with Crippen LogP contribution in [0.15, 0.2) is 0 Å². The Morgan fingerprint density at radius 1 is 1.28 bits per heavy atom. The molecule has 0 bridgehead atoms. The summed E-state index contributed by atoms with van der Waals surface area (Å²) < 4.78 is 4.98.